The van der Waals surface area contributed by atoms with Gasteiger partial charge in [-0.2, -0.15) is 5.26 Å². The summed E-state index contributed by atoms with van der Waals surface area (Å²) >= 11 is 0. The lowest BCUT2D eigenvalue weighted by molar-refractivity contribution is -0.131. The average Bonchev–Trinajstić information content (AvgIpc) is 2.73. The summed E-state index contributed by atoms with van der Waals surface area (Å²) < 4.78 is 0. The van der Waals surface area contributed by atoms with E-state index in [2.05, 4.69) is 6.07 Å². The van der Waals surface area contributed by atoms with Crippen LogP contribution < -0.4 is 0 Å². The van der Waals surface area contributed by atoms with Crippen molar-refractivity contribution in [3.8, 4) is 6.07 Å². The van der Waals surface area contributed by atoms with Gasteiger partial charge in [-0.15, -0.1) is 0 Å². The number of carboxylic acid groups (broad SMARTS) is 1. The molecule has 0 radical (unpaired) electrons. The highest BCUT2D eigenvalue weighted by Crippen LogP contribution is 2.12. The summed E-state index contributed by atoms with van der Waals surface area (Å²) in [5.41, 5.74) is 3.69. The van der Waals surface area contributed by atoms with E-state index in [9.17, 15) is 4.79 Å². The molecular weight excluding hydrogens is 334 g/mol. The van der Waals surface area contributed by atoms with Crippen molar-refractivity contribution in [1.29, 1.82) is 5.26 Å². The molecule has 0 aliphatic rings. The maximum Gasteiger partial charge on any atom is 0.328 e. The molecule has 3 heteroatoms. The minimum atomic E-state index is -0.922. The Balaban J connectivity index is 0.000000208. The molecule has 0 fully saturated rings. The lowest BCUT2D eigenvalue weighted by Crippen LogP contribution is -1.85. The lowest BCUT2D eigenvalue weighted by atomic mass is 10.1. The Morgan fingerprint density at radius 1 is 0.741 bits per heavy atom. The fourth-order valence-electron chi connectivity index (χ4n) is 2.23. The van der Waals surface area contributed by atoms with E-state index >= 15 is 0 Å². The van der Waals surface area contributed by atoms with Gasteiger partial charge < -0.3 is 5.11 Å². The molecule has 3 aromatic rings. The number of hydrogen-bond acceptors (Lipinski definition) is 2. The van der Waals surface area contributed by atoms with Gasteiger partial charge in [-0.3, -0.25) is 0 Å². The first-order valence-electron chi connectivity index (χ1n) is 8.37. The zero-order valence-corrected chi connectivity index (χ0v) is 14.7. The van der Waals surface area contributed by atoms with Crippen LogP contribution in [0.15, 0.2) is 91.0 Å². The molecule has 1 N–H and O–H groups in total. The summed E-state index contributed by atoms with van der Waals surface area (Å²) in [5.74, 6) is -0.922. The second-order valence-electron chi connectivity index (χ2n) is 5.53. The maximum atomic E-state index is 10.1. The third kappa shape index (κ3) is 7.25. The molecule has 0 unspecified atom stereocenters. The normalized spacial score (nSPS) is 10.2. The number of nitriles is 1. The number of rotatable bonds is 4. The van der Waals surface area contributed by atoms with E-state index in [-0.39, 0.29) is 0 Å². The summed E-state index contributed by atoms with van der Waals surface area (Å²) in [6.07, 6.45) is 6.65. The highest BCUT2D eigenvalue weighted by atomic mass is 16.4. The molecule has 3 rings (SSSR count). The Morgan fingerprint density at radius 2 is 1.26 bits per heavy atom. The van der Waals surface area contributed by atoms with Crippen LogP contribution in [0.3, 0.4) is 0 Å². The number of aliphatic carboxylic acids is 1. The molecule has 3 nitrogen and oxygen atoms in total. The number of benzene rings is 3. The number of carbonyl (C=O) groups is 1. The van der Waals surface area contributed by atoms with Crippen molar-refractivity contribution in [2.24, 2.45) is 0 Å². The van der Waals surface area contributed by atoms with Crippen LogP contribution in [0.5, 0.6) is 0 Å². The minimum absolute atomic E-state index is 0.703. The van der Waals surface area contributed by atoms with Crippen molar-refractivity contribution in [3.05, 3.63) is 113 Å². The van der Waals surface area contributed by atoms with E-state index < -0.39 is 5.97 Å². The molecule has 0 heterocycles. The van der Waals surface area contributed by atoms with E-state index in [1.165, 1.54) is 0 Å². The molecule has 0 aliphatic carbocycles. The van der Waals surface area contributed by atoms with E-state index in [0.717, 1.165) is 22.8 Å². The molecule has 132 valence electrons. The number of nitrogens with zero attached hydrogens (tertiary/aromatic N) is 1. The standard InChI is InChI=1S/C15H11N.C9H8O2/c16-12-15-9-5-4-8-14(15)11-10-13-6-2-1-3-7-13;10-9(11)7-6-8-4-2-1-3-5-8/h1-11H;1-7H,(H,10,11). The highest BCUT2D eigenvalue weighted by Gasteiger charge is 1.95. The van der Waals surface area contributed by atoms with Crippen LogP contribution in [0.2, 0.25) is 0 Å². The van der Waals surface area contributed by atoms with Crippen molar-refractivity contribution in [3.63, 3.8) is 0 Å². The van der Waals surface area contributed by atoms with Gasteiger partial charge in [-0.1, -0.05) is 91.0 Å². The van der Waals surface area contributed by atoms with Crippen LogP contribution in [-0.2, 0) is 4.79 Å². The third-order valence-corrected chi connectivity index (χ3v) is 3.55. The topological polar surface area (TPSA) is 61.1 Å². The zero-order valence-electron chi connectivity index (χ0n) is 14.7. The third-order valence-electron chi connectivity index (χ3n) is 3.55. The van der Waals surface area contributed by atoms with Crippen LogP contribution in [-0.4, -0.2) is 11.1 Å². The molecule has 0 amide bonds. The van der Waals surface area contributed by atoms with Crippen molar-refractivity contribution in [1.82, 2.24) is 0 Å². The Hall–Kier alpha value is -3.90. The lowest BCUT2D eigenvalue weighted by Gasteiger charge is -1.96. The summed E-state index contributed by atoms with van der Waals surface area (Å²) in [5, 5.41) is 17.2. The van der Waals surface area contributed by atoms with E-state index in [4.69, 9.17) is 10.4 Å². The number of carboxylic acids is 1. The SMILES string of the molecule is N#Cc1ccccc1C=Cc1ccccc1.O=C(O)C=Cc1ccccc1. The predicted octanol–water partition coefficient (Wildman–Crippen LogP) is 5.51. The van der Waals surface area contributed by atoms with Crippen molar-refractivity contribution >= 4 is 24.2 Å². The second kappa shape index (κ2) is 10.9. The van der Waals surface area contributed by atoms with E-state index in [0.29, 0.717) is 5.56 Å². The van der Waals surface area contributed by atoms with Crippen LogP contribution >= 0.6 is 0 Å². The fourth-order valence-corrected chi connectivity index (χ4v) is 2.23. The summed E-state index contributed by atoms with van der Waals surface area (Å²) in [7, 11) is 0. The average molecular weight is 353 g/mol. The molecule has 0 bridgehead atoms. The van der Waals surface area contributed by atoms with Gasteiger partial charge in [0.05, 0.1) is 11.6 Å². The van der Waals surface area contributed by atoms with Crippen LogP contribution in [0, 0.1) is 11.3 Å². The molecule has 3 aromatic carbocycles. The first-order chi connectivity index (χ1) is 13.2. The largest absolute Gasteiger partial charge is 0.478 e. The van der Waals surface area contributed by atoms with Gasteiger partial charge in [0, 0.05) is 6.08 Å². The Labute approximate surface area is 159 Å². The van der Waals surface area contributed by atoms with Crippen molar-refractivity contribution in [2.75, 3.05) is 0 Å². The minimum Gasteiger partial charge on any atom is -0.478 e. The molecule has 0 atom stereocenters. The first kappa shape index (κ1) is 19.4. The first-order valence-corrected chi connectivity index (χ1v) is 8.37. The van der Waals surface area contributed by atoms with Crippen LogP contribution in [0.4, 0.5) is 0 Å². The molecule has 0 aromatic heterocycles. The van der Waals surface area contributed by atoms with Gasteiger partial charge in [-0.25, -0.2) is 4.79 Å². The van der Waals surface area contributed by atoms with Crippen LogP contribution in [0.1, 0.15) is 22.3 Å². The van der Waals surface area contributed by atoms with Gasteiger partial charge in [-0.05, 0) is 28.8 Å². The molecule has 0 saturated heterocycles. The van der Waals surface area contributed by atoms with E-state index in [1.54, 1.807) is 6.08 Å². The Kier molecular flexibility index (Phi) is 7.81. The highest BCUT2D eigenvalue weighted by molar-refractivity contribution is 5.85. The molecule has 0 spiro atoms. The van der Waals surface area contributed by atoms with Crippen molar-refractivity contribution in [2.45, 2.75) is 0 Å². The quantitative estimate of drug-likeness (QED) is 0.497. The van der Waals surface area contributed by atoms with Gasteiger partial charge in [0.25, 0.3) is 0 Å². The predicted molar refractivity (Wildman–Crippen MR) is 110 cm³/mol. The van der Waals surface area contributed by atoms with Gasteiger partial charge in [0.15, 0.2) is 0 Å². The summed E-state index contributed by atoms with van der Waals surface area (Å²) in [6.45, 7) is 0. The Morgan fingerprint density at radius 3 is 1.81 bits per heavy atom. The maximum absolute atomic E-state index is 10.1. The smallest absolute Gasteiger partial charge is 0.328 e. The van der Waals surface area contributed by atoms with Crippen molar-refractivity contribution < 1.29 is 9.90 Å². The zero-order chi connectivity index (χ0) is 19.3. The monoisotopic (exact) mass is 353 g/mol. The molecular formula is C24H19NO2. The van der Waals surface area contributed by atoms with Gasteiger partial charge in [0.2, 0.25) is 0 Å². The summed E-state index contributed by atoms with van der Waals surface area (Å²) in [6, 6.07) is 29.1. The Bertz CT molecular complexity index is 952. The number of hydrogen-bond donors (Lipinski definition) is 1. The van der Waals surface area contributed by atoms with Gasteiger partial charge in [0.1, 0.15) is 0 Å². The van der Waals surface area contributed by atoms with Gasteiger partial charge >= 0.3 is 5.97 Å². The molecule has 27 heavy (non-hydrogen) atoms. The summed E-state index contributed by atoms with van der Waals surface area (Å²) in [4.78, 5) is 10.1. The fraction of sp³-hybridized carbons (Fsp3) is 0. The second-order valence-corrected chi connectivity index (χ2v) is 5.53. The molecule has 0 aliphatic heterocycles. The van der Waals surface area contributed by atoms with E-state index in [1.807, 2.05) is 97.1 Å². The van der Waals surface area contributed by atoms with Crippen LogP contribution in [0.25, 0.3) is 18.2 Å². The molecule has 0 saturated carbocycles.